The molecule has 18 heavy (non-hydrogen) atoms. The number of hydrogen-bond acceptors (Lipinski definition) is 5. The topological polar surface area (TPSA) is 108 Å². The van der Waals surface area contributed by atoms with Gasteiger partial charge in [0.1, 0.15) is 11.5 Å². The number of aliphatic imine (C=N–C) groups is 1. The first-order valence-electron chi connectivity index (χ1n) is 5.52. The van der Waals surface area contributed by atoms with Crippen LogP contribution in [0, 0.1) is 6.92 Å². The van der Waals surface area contributed by atoms with E-state index in [1.54, 1.807) is 20.0 Å². The molecule has 7 nitrogen and oxygen atoms in total. The van der Waals surface area contributed by atoms with Crippen molar-refractivity contribution in [1.29, 1.82) is 0 Å². The Hall–Kier alpha value is -2.28. The molecule has 4 N–H and O–H groups in total. The van der Waals surface area contributed by atoms with Crippen molar-refractivity contribution in [2.24, 2.45) is 16.5 Å². The molecule has 0 bridgehead atoms. The van der Waals surface area contributed by atoms with Gasteiger partial charge in [0.05, 0.1) is 6.17 Å². The van der Waals surface area contributed by atoms with E-state index in [4.69, 9.17) is 11.5 Å². The average Bonchev–Trinajstić information content (AvgIpc) is 2.72. The summed E-state index contributed by atoms with van der Waals surface area (Å²) in [6.45, 7) is 3.53. The van der Waals surface area contributed by atoms with Gasteiger partial charge < -0.3 is 11.5 Å². The highest BCUT2D eigenvalue weighted by molar-refractivity contribution is 5.80. The molecule has 94 valence electrons. The van der Waals surface area contributed by atoms with Gasteiger partial charge in [-0.05, 0) is 26.0 Å². The van der Waals surface area contributed by atoms with E-state index in [0.29, 0.717) is 17.3 Å². The van der Waals surface area contributed by atoms with E-state index < -0.39 is 0 Å². The Balaban J connectivity index is 2.39. The van der Waals surface area contributed by atoms with Gasteiger partial charge in [0.15, 0.2) is 0 Å². The predicted octanol–water partition coefficient (Wildman–Crippen LogP) is 0.116. The van der Waals surface area contributed by atoms with E-state index in [-0.39, 0.29) is 12.1 Å². The van der Waals surface area contributed by atoms with Crippen LogP contribution in [0.5, 0.6) is 0 Å². The third-order valence-corrected chi connectivity index (χ3v) is 2.22. The van der Waals surface area contributed by atoms with E-state index in [0.717, 1.165) is 0 Å². The first kappa shape index (κ1) is 12.2. The van der Waals surface area contributed by atoms with Crippen molar-refractivity contribution in [2.45, 2.75) is 20.0 Å². The summed E-state index contributed by atoms with van der Waals surface area (Å²) >= 11 is 0. The Morgan fingerprint density at radius 2 is 2.22 bits per heavy atom. The Morgan fingerprint density at radius 3 is 2.83 bits per heavy atom. The summed E-state index contributed by atoms with van der Waals surface area (Å²) in [5.41, 5.74) is 12.0. The minimum atomic E-state index is -0.382. The van der Waals surface area contributed by atoms with Gasteiger partial charge in [0.2, 0.25) is 11.8 Å². The molecule has 0 amide bonds. The summed E-state index contributed by atoms with van der Waals surface area (Å²) in [5, 5.41) is 4.26. The molecule has 0 spiro atoms. The molecule has 0 fully saturated rings. The van der Waals surface area contributed by atoms with Crippen LogP contribution in [-0.2, 0) is 0 Å². The highest BCUT2D eigenvalue weighted by Gasteiger charge is 2.11. The molecule has 2 rings (SSSR count). The first-order chi connectivity index (χ1) is 8.58. The molecule has 7 heteroatoms. The fraction of sp³-hybridized carbons (Fsp3) is 0.273. The molecule has 0 aliphatic heterocycles. The van der Waals surface area contributed by atoms with Gasteiger partial charge in [0, 0.05) is 6.20 Å². The molecular weight excluding hydrogens is 230 g/mol. The van der Waals surface area contributed by atoms with Crippen molar-refractivity contribution in [2.75, 3.05) is 0 Å². The predicted molar refractivity (Wildman–Crippen MR) is 68.7 cm³/mol. The van der Waals surface area contributed by atoms with Crippen LogP contribution in [0.2, 0.25) is 0 Å². The number of nitrogens with zero attached hydrogens (tertiary/aromatic N) is 5. The van der Waals surface area contributed by atoms with Crippen LogP contribution in [0.4, 0.5) is 0 Å². The number of nitrogens with two attached hydrogens (primary N) is 2. The molecule has 0 radical (unpaired) electrons. The van der Waals surface area contributed by atoms with E-state index in [1.807, 2.05) is 18.2 Å². The Kier molecular flexibility index (Phi) is 3.33. The number of aromatic nitrogens is 4. The van der Waals surface area contributed by atoms with E-state index >= 15 is 0 Å². The molecule has 0 saturated heterocycles. The lowest BCUT2D eigenvalue weighted by Gasteiger charge is -2.03. The highest BCUT2D eigenvalue weighted by atomic mass is 15.4. The van der Waals surface area contributed by atoms with Gasteiger partial charge >= 0.3 is 0 Å². The van der Waals surface area contributed by atoms with Gasteiger partial charge in [-0.15, -0.1) is 5.10 Å². The fourth-order valence-electron chi connectivity index (χ4n) is 1.47. The Labute approximate surface area is 105 Å². The molecule has 1 atom stereocenters. The first-order valence-corrected chi connectivity index (χ1v) is 5.52. The SMILES string of the molecule is Cc1nc(-c2ccccn2)nn1C(N)=NC(C)N. The molecular formula is C11H15N7. The fourth-order valence-corrected chi connectivity index (χ4v) is 1.47. The van der Waals surface area contributed by atoms with Crippen LogP contribution in [0.3, 0.4) is 0 Å². The number of aryl methyl sites for hydroxylation is 1. The van der Waals surface area contributed by atoms with Crippen molar-refractivity contribution in [3.63, 3.8) is 0 Å². The second-order valence-electron chi connectivity index (χ2n) is 3.84. The molecule has 2 aromatic rings. The zero-order valence-electron chi connectivity index (χ0n) is 10.3. The molecule has 2 heterocycles. The summed E-state index contributed by atoms with van der Waals surface area (Å²) < 4.78 is 1.45. The number of pyridine rings is 1. The smallest absolute Gasteiger partial charge is 0.219 e. The molecule has 2 aromatic heterocycles. The van der Waals surface area contributed by atoms with Crippen LogP contribution in [-0.4, -0.2) is 31.9 Å². The van der Waals surface area contributed by atoms with Crippen LogP contribution in [0.15, 0.2) is 29.4 Å². The van der Waals surface area contributed by atoms with Crippen molar-refractivity contribution in [3.8, 4) is 11.5 Å². The maximum Gasteiger partial charge on any atom is 0.219 e. The summed E-state index contributed by atoms with van der Waals surface area (Å²) in [6, 6.07) is 5.54. The van der Waals surface area contributed by atoms with Crippen LogP contribution >= 0.6 is 0 Å². The number of hydrogen-bond donors (Lipinski definition) is 2. The van der Waals surface area contributed by atoms with Crippen LogP contribution in [0.1, 0.15) is 12.7 Å². The molecule has 0 aromatic carbocycles. The lowest BCUT2D eigenvalue weighted by molar-refractivity contribution is 0.765. The largest absolute Gasteiger partial charge is 0.368 e. The van der Waals surface area contributed by atoms with Gasteiger partial charge in [-0.1, -0.05) is 6.07 Å². The van der Waals surface area contributed by atoms with Crippen molar-refractivity contribution < 1.29 is 0 Å². The normalized spacial score (nSPS) is 13.6. The van der Waals surface area contributed by atoms with Crippen LogP contribution < -0.4 is 11.5 Å². The van der Waals surface area contributed by atoms with E-state index in [9.17, 15) is 0 Å². The second kappa shape index (κ2) is 4.92. The molecule has 0 aliphatic rings. The van der Waals surface area contributed by atoms with Gasteiger partial charge in [-0.25, -0.2) is 9.98 Å². The summed E-state index contributed by atoms with van der Waals surface area (Å²) in [6.07, 6.45) is 1.30. The maximum absolute atomic E-state index is 5.80. The minimum Gasteiger partial charge on any atom is -0.368 e. The maximum atomic E-state index is 5.80. The van der Waals surface area contributed by atoms with Crippen molar-refractivity contribution in [1.82, 2.24) is 19.7 Å². The highest BCUT2D eigenvalue weighted by Crippen LogP contribution is 2.11. The molecule has 0 saturated carbocycles. The second-order valence-corrected chi connectivity index (χ2v) is 3.84. The Morgan fingerprint density at radius 1 is 1.44 bits per heavy atom. The van der Waals surface area contributed by atoms with Gasteiger partial charge in [0.25, 0.3) is 0 Å². The van der Waals surface area contributed by atoms with Gasteiger partial charge in [-0.3, -0.25) is 4.98 Å². The lowest BCUT2D eigenvalue weighted by atomic mass is 10.3. The van der Waals surface area contributed by atoms with Crippen molar-refractivity contribution >= 4 is 5.96 Å². The van der Waals surface area contributed by atoms with Crippen LogP contribution in [0.25, 0.3) is 11.5 Å². The third kappa shape index (κ3) is 2.51. The number of rotatable bonds is 2. The third-order valence-electron chi connectivity index (χ3n) is 2.22. The lowest BCUT2D eigenvalue weighted by Crippen LogP contribution is -2.28. The van der Waals surface area contributed by atoms with E-state index in [2.05, 4.69) is 20.1 Å². The summed E-state index contributed by atoms with van der Waals surface area (Å²) in [7, 11) is 0. The zero-order valence-corrected chi connectivity index (χ0v) is 10.3. The standard InChI is InChI=1S/C11H15N7/c1-7(12)15-11(13)18-8(2)16-10(17-18)9-5-3-4-6-14-9/h3-7H,12H2,1-2H3,(H2,13,15). The zero-order chi connectivity index (χ0) is 13.1. The van der Waals surface area contributed by atoms with Crippen molar-refractivity contribution in [3.05, 3.63) is 30.2 Å². The Bertz CT molecular complexity index is 556. The monoisotopic (exact) mass is 245 g/mol. The molecule has 1 unspecified atom stereocenters. The molecule has 0 aliphatic carbocycles. The van der Waals surface area contributed by atoms with Gasteiger partial charge in [-0.2, -0.15) is 4.68 Å². The quantitative estimate of drug-likeness (QED) is 0.577. The average molecular weight is 245 g/mol. The summed E-state index contributed by atoms with van der Waals surface area (Å²) in [5.74, 6) is 1.37. The minimum absolute atomic E-state index is 0.220. The van der Waals surface area contributed by atoms with E-state index in [1.165, 1.54) is 4.68 Å². The summed E-state index contributed by atoms with van der Waals surface area (Å²) in [4.78, 5) is 12.5.